The lowest BCUT2D eigenvalue weighted by molar-refractivity contribution is 0.597. The standard InChI is InChI=1S/C12H16N4O2S/c1-9-11(4-3-5-12(9)19(13,17)18)14-8-10-6-7-15-16(10)2/h3-7,14H,8H2,1-2H3,(H2,13,17,18). The van der Waals surface area contributed by atoms with Crippen LogP contribution in [0.15, 0.2) is 35.4 Å². The molecule has 2 rings (SSSR count). The summed E-state index contributed by atoms with van der Waals surface area (Å²) in [6, 6.07) is 6.88. The van der Waals surface area contributed by atoms with Crippen molar-refractivity contribution in [3.05, 3.63) is 41.7 Å². The van der Waals surface area contributed by atoms with E-state index in [1.165, 1.54) is 6.07 Å². The lowest BCUT2D eigenvalue weighted by Crippen LogP contribution is -2.15. The molecule has 0 saturated heterocycles. The molecule has 0 fully saturated rings. The lowest BCUT2D eigenvalue weighted by Gasteiger charge is -2.12. The van der Waals surface area contributed by atoms with E-state index in [-0.39, 0.29) is 4.90 Å². The van der Waals surface area contributed by atoms with Gasteiger partial charge in [-0.15, -0.1) is 0 Å². The van der Waals surface area contributed by atoms with E-state index in [4.69, 9.17) is 5.14 Å². The highest BCUT2D eigenvalue weighted by molar-refractivity contribution is 7.89. The molecule has 0 saturated carbocycles. The largest absolute Gasteiger partial charge is 0.379 e. The average molecular weight is 280 g/mol. The van der Waals surface area contributed by atoms with Gasteiger partial charge in [-0.25, -0.2) is 13.6 Å². The SMILES string of the molecule is Cc1c(NCc2ccnn2C)cccc1S(N)(=O)=O. The molecular formula is C12H16N4O2S. The van der Waals surface area contributed by atoms with Gasteiger partial charge >= 0.3 is 0 Å². The summed E-state index contributed by atoms with van der Waals surface area (Å²) in [5.74, 6) is 0. The molecule has 0 aliphatic heterocycles. The van der Waals surface area contributed by atoms with E-state index in [1.54, 1.807) is 23.9 Å². The van der Waals surface area contributed by atoms with Crippen molar-refractivity contribution in [3.8, 4) is 0 Å². The Hall–Kier alpha value is -1.86. The Bertz CT molecular complexity index is 692. The number of aromatic nitrogens is 2. The first-order chi connectivity index (χ1) is 8.89. The van der Waals surface area contributed by atoms with Gasteiger partial charge in [-0.05, 0) is 30.7 Å². The summed E-state index contributed by atoms with van der Waals surface area (Å²) in [6.45, 7) is 2.29. The molecule has 0 amide bonds. The van der Waals surface area contributed by atoms with Gasteiger partial charge in [0.1, 0.15) is 0 Å². The summed E-state index contributed by atoms with van der Waals surface area (Å²) >= 11 is 0. The predicted molar refractivity (Wildman–Crippen MR) is 73.1 cm³/mol. The van der Waals surface area contributed by atoms with Gasteiger partial charge in [-0.2, -0.15) is 5.10 Å². The van der Waals surface area contributed by atoms with Crippen LogP contribution in [0, 0.1) is 6.92 Å². The zero-order valence-corrected chi connectivity index (χ0v) is 11.6. The van der Waals surface area contributed by atoms with E-state index in [9.17, 15) is 8.42 Å². The zero-order valence-electron chi connectivity index (χ0n) is 10.8. The number of aryl methyl sites for hydroxylation is 1. The second kappa shape index (κ2) is 5.02. The number of hydrogen-bond donors (Lipinski definition) is 2. The third-order valence-corrected chi connectivity index (χ3v) is 4.03. The highest BCUT2D eigenvalue weighted by Crippen LogP contribution is 2.22. The summed E-state index contributed by atoms with van der Waals surface area (Å²) in [4.78, 5) is 0.141. The van der Waals surface area contributed by atoms with Gasteiger partial charge in [0.05, 0.1) is 17.1 Å². The van der Waals surface area contributed by atoms with Crippen LogP contribution in [0.1, 0.15) is 11.3 Å². The Morgan fingerprint density at radius 3 is 2.68 bits per heavy atom. The van der Waals surface area contributed by atoms with Crippen LogP contribution in [-0.4, -0.2) is 18.2 Å². The van der Waals surface area contributed by atoms with Crippen molar-refractivity contribution in [1.82, 2.24) is 9.78 Å². The number of nitrogens with one attached hydrogen (secondary N) is 1. The first-order valence-electron chi connectivity index (χ1n) is 5.73. The van der Waals surface area contributed by atoms with Crippen LogP contribution < -0.4 is 10.5 Å². The van der Waals surface area contributed by atoms with Gasteiger partial charge in [-0.3, -0.25) is 4.68 Å². The van der Waals surface area contributed by atoms with Gasteiger partial charge in [0.15, 0.2) is 0 Å². The normalized spacial score (nSPS) is 11.5. The Balaban J connectivity index is 2.25. The Morgan fingerprint density at radius 2 is 2.11 bits per heavy atom. The van der Waals surface area contributed by atoms with Gasteiger partial charge in [0.25, 0.3) is 0 Å². The van der Waals surface area contributed by atoms with Crippen LogP contribution in [0.2, 0.25) is 0 Å². The van der Waals surface area contributed by atoms with Gasteiger partial charge in [0, 0.05) is 18.9 Å². The first kappa shape index (κ1) is 13.6. The molecule has 0 unspecified atom stereocenters. The second-order valence-corrected chi connectivity index (χ2v) is 5.80. The van der Waals surface area contributed by atoms with Crippen LogP contribution in [0.4, 0.5) is 5.69 Å². The molecule has 0 spiro atoms. The summed E-state index contributed by atoms with van der Waals surface area (Å²) in [6.07, 6.45) is 1.71. The lowest BCUT2D eigenvalue weighted by atomic mass is 10.2. The summed E-state index contributed by atoms with van der Waals surface area (Å²) < 4.78 is 24.6. The number of anilines is 1. The van der Waals surface area contributed by atoms with E-state index in [1.807, 2.05) is 19.2 Å². The van der Waals surface area contributed by atoms with Gasteiger partial charge in [0.2, 0.25) is 10.0 Å². The maximum Gasteiger partial charge on any atom is 0.238 e. The quantitative estimate of drug-likeness (QED) is 0.873. The Morgan fingerprint density at radius 1 is 1.37 bits per heavy atom. The van der Waals surface area contributed by atoms with Crippen LogP contribution >= 0.6 is 0 Å². The van der Waals surface area contributed by atoms with Crippen LogP contribution in [0.25, 0.3) is 0 Å². The van der Waals surface area contributed by atoms with Crippen molar-refractivity contribution >= 4 is 15.7 Å². The molecule has 0 atom stereocenters. The van der Waals surface area contributed by atoms with Crippen molar-refractivity contribution < 1.29 is 8.42 Å². The van der Waals surface area contributed by atoms with E-state index < -0.39 is 10.0 Å². The van der Waals surface area contributed by atoms with Crippen LogP contribution in [0.3, 0.4) is 0 Å². The summed E-state index contributed by atoms with van der Waals surface area (Å²) in [5, 5.41) is 12.4. The maximum absolute atomic E-state index is 11.4. The Labute approximate surface area is 112 Å². The molecular weight excluding hydrogens is 264 g/mol. The third-order valence-electron chi connectivity index (χ3n) is 2.97. The van der Waals surface area contributed by atoms with Gasteiger partial charge in [-0.1, -0.05) is 6.07 Å². The third kappa shape index (κ3) is 2.94. The average Bonchev–Trinajstić information content (AvgIpc) is 2.72. The number of nitrogens with zero attached hydrogens (tertiary/aromatic N) is 2. The van der Waals surface area contributed by atoms with Crippen molar-refractivity contribution in [2.75, 3.05) is 5.32 Å². The number of primary sulfonamides is 1. The molecule has 3 N–H and O–H groups in total. The van der Waals surface area contributed by atoms with Crippen molar-refractivity contribution in [3.63, 3.8) is 0 Å². The Kier molecular flexibility index (Phi) is 3.59. The molecule has 1 heterocycles. The topological polar surface area (TPSA) is 90.0 Å². The van der Waals surface area contributed by atoms with Crippen LogP contribution in [0.5, 0.6) is 0 Å². The second-order valence-electron chi connectivity index (χ2n) is 4.27. The molecule has 7 heteroatoms. The highest BCUT2D eigenvalue weighted by Gasteiger charge is 2.13. The number of sulfonamides is 1. The maximum atomic E-state index is 11.4. The summed E-state index contributed by atoms with van der Waals surface area (Å²) in [5.41, 5.74) is 2.36. The predicted octanol–water partition coefficient (Wildman–Crippen LogP) is 0.988. The molecule has 0 aliphatic rings. The van der Waals surface area contributed by atoms with Crippen molar-refractivity contribution in [2.24, 2.45) is 12.2 Å². The van der Waals surface area contributed by atoms with E-state index in [0.717, 1.165) is 11.4 Å². The fourth-order valence-corrected chi connectivity index (χ4v) is 2.68. The zero-order chi connectivity index (χ0) is 14.0. The molecule has 19 heavy (non-hydrogen) atoms. The van der Waals surface area contributed by atoms with Crippen molar-refractivity contribution in [2.45, 2.75) is 18.4 Å². The molecule has 0 aliphatic carbocycles. The number of benzene rings is 1. The molecule has 0 radical (unpaired) electrons. The fourth-order valence-electron chi connectivity index (χ4n) is 1.87. The summed E-state index contributed by atoms with van der Waals surface area (Å²) in [7, 11) is -1.84. The van der Waals surface area contributed by atoms with Gasteiger partial charge < -0.3 is 5.32 Å². The number of rotatable bonds is 4. The number of hydrogen-bond acceptors (Lipinski definition) is 4. The molecule has 102 valence electrons. The molecule has 1 aromatic carbocycles. The smallest absolute Gasteiger partial charge is 0.238 e. The van der Waals surface area contributed by atoms with Crippen LogP contribution in [-0.2, 0) is 23.6 Å². The monoisotopic (exact) mass is 280 g/mol. The molecule has 0 bridgehead atoms. The highest BCUT2D eigenvalue weighted by atomic mass is 32.2. The minimum absolute atomic E-state index is 0.141. The molecule has 2 aromatic rings. The molecule has 6 nitrogen and oxygen atoms in total. The van der Waals surface area contributed by atoms with E-state index >= 15 is 0 Å². The van der Waals surface area contributed by atoms with E-state index in [2.05, 4.69) is 10.4 Å². The van der Waals surface area contributed by atoms with Crippen molar-refractivity contribution in [1.29, 1.82) is 0 Å². The minimum atomic E-state index is -3.69. The first-order valence-corrected chi connectivity index (χ1v) is 7.27. The fraction of sp³-hybridized carbons (Fsp3) is 0.250. The van der Waals surface area contributed by atoms with E-state index in [0.29, 0.717) is 12.1 Å². The molecule has 1 aromatic heterocycles. The number of nitrogens with two attached hydrogens (primary N) is 1. The minimum Gasteiger partial charge on any atom is -0.379 e.